The molecular formula is C30H39N3O7S2. The lowest BCUT2D eigenvalue weighted by Gasteiger charge is -2.25. The Hall–Kier alpha value is -3.35. The summed E-state index contributed by atoms with van der Waals surface area (Å²) in [5.41, 5.74) is 1.22. The number of para-hydroxylation sites is 1. The van der Waals surface area contributed by atoms with Crippen molar-refractivity contribution in [1.29, 1.82) is 0 Å². The van der Waals surface area contributed by atoms with E-state index in [4.69, 9.17) is 9.15 Å². The topological polar surface area (TPSA) is 144 Å². The molecule has 0 aliphatic heterocycles. The van der Waals surface area contributed by atoms with E-state index >= 15 is 0 Å². The monoisotopic (exact) mass is 617 g/mol. The Morgan fingerprint density at radius 3 is 2.26 bits per heavy atom. The number of anilines is 2. The molecule has 3 N–H and O–H groups in total. The number of rotatable bonds is 12. The van der Waals surface area contributed by atoms with Gasteiger partial charge in [-0.05, 0) is 69.0 Å². The number of methoxy groups -OCH3 is 1. The van der Waals surface area contributed by atoms with Gasteiger partial charge in [-0.2, -0.15) is 0 Å². The van der Waals surface area contributed by atoms with Gasteiger partial charge in [-0.3, -0.25) is 9.44 Å². The van der Waals surface area contributed by atoms with E-state index < -0.39 is 26.0 Å². The lowest BCUT2D eigenvalue weighted by molar-refractivity contribution is 0.0595. The Balaban J connectivity index is 1.44. The lowest BCUT2D eigenvalue weighted by Crippen LogP contribution is -2.29. The maximum Gasteiger partial charge on any atom is 0.342 e. The van der Waals surface area contributed by atoms with Crippen LogP contribution in [-0.2, 0) is 31.3 Å². The zero-order valence-electron chi connectivity index (χ0n) is 24.4. The molecule has 1 saturated carbocycles. The van der Waals surface area contributed by atoms with Gasteiger partial charge in [-0.15, -0.1) is 0 Å². The summed E-state index contributed by atoms with van der Waals surface area (Å²) >= 11 is 0. The van der Waals surface area contributed by atoms with E-state index in [9.17, 15) is 21.6 Å². The van der Waals surface area contributed by atoms with Crippen LogP contribution in [0.25, 0.3) is 0 Å². The number of nitrogens with one attached hydrogen (secondary N) is 3. The van der Waals surface area contributed by atoms with E-state index in [0.29, 0.717) is 18.3 Å². The third-order valence-electron chi connectivity index (χ3n) is 7.59. The first kappa shape index (κ1) is 31.6. The summed E-state index contributed by atoms with van der Waals surface area (Å²) in [5, 5.41) is 3.54. The molecule has 228 valence electrons. The summed E-state index contributed by atoms with van der Waals surface area (Å²) in [4.78, 5) is 11.8. The Labute approximate surface area is 248 Å². The molecule has 42 heavy (non-hydrogen) atoms. The number of benzene rings is 2. The van der Waals surface area contributed by atoms with Crippen LogP contribution in [0.1, 0.15) is 72.9 Å². The highest BCUT2D eigenvalue weighted by Crippen LogP contribution is 2.30. The number of sulfonamides is 2. The Bertz CT molecular complexity index is 1610. The second-order valence-electron chi connectivity index (χ2n) is 10.8. The predicted molar refractivity (Wildman–Crippen MR) is 162 cm³/mol. The van der Waals surface area contributed by atoms with Crippen molar-refractivity contribution in [3.05, 3.63) is 71.2 Å². The minimum absolute atomic E-state index is 0.0281. The Morgan fingerprint density at radius 2 is 1.60 bits per heavy atom. The average Bonchev–Trinajstić information content (AvgIpc) is 3.26. The van der Waals surface area contributed by atoms with Gasteiger partial charge in [0.15, 0.2) is 0 Å². The van der Waals surface area contributed by atoms with Gasteiger partial charge in [-0.1, -0.05) is 50.3 Å². The number of carbonyl (C=O) groups excluding carboxylic acids is 1. The number of hydrogen-bond acceptors (Lipinski definition) is 8. The smallest absolute Gasteiger partial charge is 0.342 e. The van der Waals surface area contributed by atoms with Crippen LogP contribution >= 0.6 is 0 Å². The molecule has 0 radical (unpaired) electrons. The molecule has 4 rings (SSSR count). The quantitative estimate of drug-likeness (QED) is 0.219. The summed E-state index contributed by atoms with van der Waals surface area (Å²) in [7, 11) is -7.07. The number of ether oxygens (including phenoxy) is 1. The summed E-state index contributed by atoms with van der Waals surface area (Å²) < 4.78 is 67.9. The van der Waals surface area contributed by atoms with Gasteiger partial charge < -0.3 is 14.5 Å². The van der Waals surface area contributed by atoms with Crippen LogP contribution in [0.5, 0.6) is 0 Å². The van der Waals surface area contributed by atoms with Crippen molar-refractivity contribution in [2.75, 3.05) is 16.6 Å². The second kappa shape index (κ2) is 13.3. The molecule has 1 atom stereocenters. The highest BCUT2D eigenvalue weighted by atomic mass is 32.2. The molecule has 10 nitrogen and oxygen atoms in total. The largest absolute Gasteiger partial charge is 0.465 e. The number of furan rings is 1. The normalized spacial score (nSPS) is 15.2. The van der Waals surface area contributed by atoms with E-state index in [0.717, 1.165) is 25.0 Å². The summed E-state index contributed by atoms with van der Waals surface area (Å²) in [6, 6.07) is 12.9. The summed E-state index contributed by atoms with van der Waals surface area (Å²) in [6.07, 6.45) is 7.59. The molecule has 2 aromatic carbocycles. The van der Waals surface area contributed by atoms with Gasteiger partial charge >= 0.3 is 5.97 Å². The fraction of sp³-hybridized carbons (Fsp3) is 0.433. The van der Waals surface area contributed by atoms with Crippen LogP contribution in [0, 0.1) is 19.8 Å². The molecule has 0 saturated heterocycles. The molecule has 1 aliphatic carbocycles. The van der Waals surface area contributed by atoms with E-state index in [1.807, 2.05) is 12.1 Å². The van der Waals surface area contributed by atoms with Crippen LogP contribution < -0.4 is 14.8 Å². The van der Waals surface area contributed by atoms with Gasteiger partial charge in [-0.25, -0.2) is 21.6 Å². The van der Waals surface area contributed by atoms with E-state index in [2.05, 4.69) is 21.7 Å². The van der Waals surface area contributed by atoms with Gasteiger partial charge in [0.1, 0.15) is 22.0 Å². The minimum Gasteiger partial charge on any atom is -0.465 e. The number of hydrogen-bond donors (Lipinski definition) is 3. The fourth-order valence-corrected chi connectivity index (χ4v) is 8.07. The van der Waals surface area contributed by atoms with Crippen molar-refractivity contribution < 1.29 is 30.8 Å². The van der Waals surface area contributed by atoms with E-state index in [1.54, 1.807) is 12.1 Å². The summed E-state index contributed by atoms with van der Waals surface area (Å²) in [5.74, 6) is 0.0401. The van der Waals surface area contributed by atoms with E-state index in [-0.39, 0.29) is 32.6 Å². The van der Waals surface area contributed by atoms with Crippen molar-refractivity contribution in [3.8, 4) is 0 Å². The van der Waals surface area contributed by atoms with Crippen molar-refractivity contribution in [2.24, 2.45) is 5.92 Å². The van der Waals surface area contributed by atoms with E-state index in [1.165, 1.54) is 70.2 Å². The molecule has 0 bridgehead atoms. The lowest BCUT2D eigenvalue weighted by atomic mass is 9.85. The fourth-order valence-electron chi connectivity index (χ4n) is 5.50. The van der Waals surface area contributed by atoms with Crippen LogP contribution in [0.2, 0.25) is 0 Å². The predicted octanol–water partition coefficient (Wildman–Crippen LogP) is 5.73. The second-order valence-corrected chi connectivity index (χ2v) is 14.1. The van der Waals surface area contributed by atoms with Gasteiger partial charge in [0.05, 0.1) is 17.7 Å². The molecular weight excluding hydrogens is 578 g/mol. The van der Waals surface area contributed by atoms with Crippen molar-refractivity contribution >= 4 is 37.4 Å². The maximum atomic E-state index is 13.2. The number of esters is 1. The first-order valence-electron chi connectivity index (χ1n) is 14.1. The van der Waals surface area contributed by atoms with Crippen molar-refractivity contribution in [2.45, 2.75) is 81.7 Å². The Morgan fingerprint density at radius 1 is 0.929 bits per heavy atom. The number of aryl methyl sites for hydroxylation is 2. The SMILES string of the molecule is COC(=O)c1c(C)oc(C)c1S(=O)(=O)Nc1ccc(S(=O)(=O)Nc2ccccc2CN[C@@H](C)CC2CCCCC2)cc1. The highest BCUT2D eigenvalue weighted by Gasteiger charge is 2.32. The third-order valence-corrected chi connectivity index (χ3v) is 10.5. The van der Waals surface area contributed by atoms with Crippen molar-refractivity contribution in [1.82, 2.24) is 5.32 Å². The van der Waals surface area contributed by atoms with Crippen molar-refractivity contribution in [3.63, 3.8) is 0 Å². The molecule has 1 heterocycles. The molecule has 1 aliphatic rings. The number of carbonyl (C=O) groups is 1. The first-order valence-corrected chi connectivity index (χ1v) is 17.0. The first-order chi connectivity index (χ1) is 19.9. The van der Waals surface area contributed by atoms with Crippen LogP contribution in [0.3, 0.4) is 0 Å². The standard InChI is InChI=1S/C30H39N3O7S2/c1-20(18-23-10-6-5-7-11-23)31-19-24-12-8-9-13-27(24)33-41(35,36)26-16-14-25(15-17-26)32-42(37,38)29-22(3)40-21(2)28(29)30(34)39-4/h8-9,12-17,20,23,31-33H,5-7,10-11,18-19H2,1-4H3/t20-/m0/s1. The van der Waals surface area contributed by atoms with Gasteiger partial charge in [0.25, 0.3) is 20.0 Å². The minimum atomic E-state index is -4.25. The van der Waals surface area contributed by atoms with Crippen LogP contribution in [-0.4, -0.2) is 36.0 Å². The van der Waals surface area contributed by atoms with Crippen LogP contribution in [0.15, 0.2) is 62.7 Å². The van der Waals surface area contributed by atoms with Gasteiger partial charge in [0, 0.05) is 18.3 Å². The zero-order valence-corrected chi connectivity index (χ0v) is 26.0. The van der Waals surface area contributed by atoms with Crippen LogP contribution in [0.4, 0.5) is 11.4 Å². The summed E-state index contributed by atoms with van der Waals surface area (Å²) in [6.45, 7) is 5.59. The molecule has 1 aromatic heterocycles. The molecule has 0 unspecified atom stereocenters. The molecule has 0 amide bonds. The van der Waals surface area contributed by atoms with Gasteiger partial charge in [0.2, 0.25) is 0 Å². The zero-order chi connectivity index (χ0) is 30.5. The highest BCUT2D eigenvalue weighted by molar-refractivity contribution is 7.93. The molecule has 1 fully saturated rings. The maximum absolute atomic E-state index is 13.2. The third kappa shape index (κ3) is 7.53. The Kier molecular flexibility index (Phi) is 10.0. The molecule has 12 heteroatoms. The molecule has 3 aromatic rings. The average molecular weight is 618 g/mol. The molecule has 0 spiro atoms.